The fourth-order valence-corrected chi connectivity index (χ4v) is 3.82. The molecular formula is C23H22F6N4O3S. The number of carbonyl (C=O) groups is 1. The van der Waals surface area contributed by atoms with Gasteiger partial charge in [0, 0.05) is 6.54 Å². The van der Waals surface area contributed by atoms with Crippen molar-refractivity contribution >= 4 is 15.9 Å². The molecule has 1 amide bonds. The molecule has 0 radical (unpaired) electrons. The van der Waals surface area contributed by atoms with Gasteiger partial charge in [-0.3, -0.25) is 4.79 Å². The van der Waals surface area contributed by atoms with E-state index in [0.29, 0.717) is 27.9 Å². The lowest BCUT2D eigenvalue weighted by Gasteiger charge is -2.15. The number of sulfonamides is 1. The smallest absolute Gasteiger partial charge is 0.350 e. The Morgan fingerprint density at radius 2 is 1.65 bits per heavy atom. The van der Waals surface area contributed by atoms with Crippen LogP contribution in [0.3, 0.4) is 0 Å². The topological polar surface area (TPSA) is 93.1 Å². The first-order chi connectivity index (χ1) is 17.0. The van der Waals surface area contributed by atoms with E-state index in [1.165, 1.54) is 6.07 Å². The summed E-state index contributed by atoms with van der Waals surface area (Å²) in [4.78, 5) is 12.8. The van der Waals surface area contributed by atoms with Gasteiger partial charge in [-0.15, -0.1) is 0 Å². The Morgan fingerprint density at radius 3 is 2.27 bits per heavy atom. The molecule has 0 fully saturated rings. The third-order valence-electron chi connectivity index (χ3n) is 5.32. The number of rotatable bonds is 8. The highest BCUT2D eigenvalue weighted by Gasteiger charge is 2.36. The molecule has 1 atom stereocenters. The number of amides is 1. The van der Waals surface area contributed by atoms with Crippen molar-refractivity contribution in [2.75, 3.05) is 6.26 Å². The summed E-state index contributed by atoms with van der Waals surface area (Å²) < 4.78 is 105. The molecule has 7 nitrogen and oxygen atoms in total. The molecule has 0 bridgehead atoms. The van der Waals surface area contributed by atoms with E-state index in [1.54, 1.807) is 31.2 Å². The fraction of sp³-hybridized carbons (Fsp3) is 0.304. The molecule has 37 heavy (non-hydrogen) atoms. The first-order valence-corrected chi connectivity index (χ1v) is 12.6. The van der Waals surface area contributed by atoms with E-state index >= 15 is 0 Å². The average molecular weight is 549 g/mol. The van der Waals surface area contributed by atoms with Crippen molar-refractivity contribution in [3.8, 4) is 5.69 Å². The SMILES string of the molecule is CC(C(=O)NCc1cc(C(F)(F)F)nn1-c1cccc(C(F)(F)F)c1)c1cccc(CNS(C)(=O)=O)c1. The van der Waals surface area contributed by atoms with E-state index < -0.39 is 52.0 Å². The molecule has 1 heterocycles. The van der Waals surface area contributed by atoms with E-state index in [1.807, 2.05) is 0 Å². The summed E-state index contributed by atoms with van der Waals surface area (Å²) in [5.74, 6) is -1.34. The molecule has 2 N–H and O–H groups in total. The zero-order chi connectivity index (χ0) is 27.6. The summed E-state index contributed by atoms with van der Waals surface area (Å²) >= 11 is 0. The summed E-state index contributed by atoms with van der Waals surface area (Å²) in [7, 11) is -3.44. The molecule has 0 aliphatic heterocycles. The number of benzene rings is 2. The maximum atomic E-state index is 13.3. The van der Waals surface area contributed by atoms with Gasteiger partial charge in [0.2, 0.25) is 15.9 Å². The van der Waals surface area contributed by atoms with Gasteiger partial charge in [-0.2, -0.15) is 31.4 Å². The molecule has 1 aromatic heterocycles. The predicted molar refractivity (Wildman–Crippen MR) is 122 cm³/mol. The largest absolute Gasteiger partial charge is 0.435 e. The Kier molecular flexibility index (Phi) is 8.03. The van der Waals surface area contributed by atoms with Crippen molar-refractivity contribution in [1.82, 2.24) is 19.8 Å². The van der Waals surface area contributed by atoms with Gasteiger partial charge >= 0.3 is 12.4 Å². The summed E-state index contributed by atoms with van der Waals surface area (Å²) in [6.07, 6.45) is -8.58. The van der Waals surface area contributed by atoms with Crippen LogP contribution in [-0.2, 0) is 40.3 Å². The minimum Gasteiger partial charge on any atom is -0.350 e. The van der Waals surface area contributed by atoms with Crippen molar-refractivity contribution < 1.29 is 39.6 Å². The minimum atomic E-state index is -4.86. The number of halogens is 6. The number of aromatic nitrogens is 2. The van der Waals surface area contributed by atoms with Crippen molar-refractivity contribution in [3.05, 3.63) is 82.7 Å². The number of nitrogens with one attached hydrogen (secondary N) is 2. The van der Waals surface area contributed by atoms with E-state index in [0.717, 1.165) is 18.4 Å². The van der Waals surface area contributed by atoms with Crippen LogP contribution < -0.4 is 10.0 Å². The van der Waals surface area contributed by atoms with Crippen LogP contribution in [-0.4, -0.2) is 30.4 Å². The first kappa shape index (κ1) is 28.2. The molecule has 3 aromatic rings. The highest BCUT2D eigenvalue weighted by Crippen LogP contribution is 2.32. The highest BCUT2D eigenvalue weighted by molar-refractivity contribution is 7.88. The Morgan fingerprint density at radius 1 is 0.973 bits per heavy atom. The zero-order valence-corrected chi connectivity index (χ0v) is 20.3. The van der Waals surface area contributed by atoms with Crippen LogP contribution in [0.15, 0.2) is 54.6 Å². The van der Waals surface area contributed by atoms with E-state index in [2.05, 4.69) is 15.1 Å². The van der Waals surface area contributed by atoms with Gasteiger partial charge in [-0.1, -0.05) is 30.3 Å². The zero-order valence-electron chi connectivity index (χ0n) is 19.5. The van der Waals surface area contributed by atoms with Gasteiger partial charge < -0.3 is 5.32 Å². The number of carbonyl (C=O) groups excluding carboxylic acids is 1. The van der Waals surface area contributed by atoms with Crippen LogP contribution in [0.4, 0.5) is 26.3 Å². The Hall–Kier alpha value is -3.39. The number of alkyl halides is 6. The molecule has 0 aliphatic carbocycles. The van der Waals surface area contributed by atoms with Crippen molar-refractivity contribution in [3.63, 3.8) is 0 Å². The molecular weight excluding hydrogens is 526 g/mol. The minimum absolute atomic E-state index is 0.00257. The first-order valence-electron chi connectivity index (χ1n) is 10.7. The molecule has 200 valence electrons. The lowest BCUT2D eigenvalue weighted by molar-refractivity contribution is -0.141. The maximum absolute atomic E-state index is 13.3. The van der Waals surface area contributed by atoms with Gasteiger partial charge in [0.15, 0.2) is 5.69 Å². The lowest BCUT2D eigenvalue weighted by atomic mass is 9.98. The molecule has 0 aliphatic rings. The van der Waals surface area contributed by atoms with Gasteiger partial charge in [0.05, 0.1) is 35.7 Å². The van der Waals surface area contributed by atoms with E-state index in [4.69, 9.17) is 0 Å². The van der Waals surface area contributed by atoms with Crippen molar-refractivity contribution in [1.29, 1.82) is 0 Å². The van der Waals surface area contributed by atoms with Gasteiger partial charge in [-0.25, -0.2) is 17.8 Å². The molecule has 14 heteroatoms. The van der Waals surface area contributed by atoms with Crippen LogP contribution in [0.2, 0.25) is 0 Å². The van der Waals surface area contributed by atoms with Gasteiger partial charge in [0.1, 0.15) is 0 Å². The van der Waals surface area contributed by atoms with Crippen LogP contribution in [0.1, 0.15) is 40.9 Å². The normalized spacial score (nSPS) is 13.4. The van der Waals surface area contributed by atoms with Crippen LogP contribution in [0, 0.1) is 0 Å². The summed E-state index contributed by atoms with van der Waals surface area (Å²) in [5.41, 5.74) is -1.73. The number of hydrogen-bond acceptors (Lipinski definition) is 4. The summed E-state index contributed by atoms with van der Waals surface area (Å²) in [5, 5.41) is 5.92. The Bertz CT molecular complexity index is 1380. The molecule has 3 rings (SSSR count). The standard InChI is InChI=1S/C23H22F6N4O3S/c1-14(16-6-3-5-15(9-16)12-31-37(2,35)36)21(34)30-13-19-11-20(23(27,28)29)32-33(19)18-8-4-7-17(10-18)22(24,25)26/h3-11,14,31H,12-13H2,1-2H3,(H,30,34). The highest BCUT2D eigenvalue weighted by atomic mass is 32.2. The molecule has 0 saturated heterocycles. The third kappa shape index (κ3) is 7.55. The number of hydrogen-bond donors (Lipinski definition) is 2. The van der Waals surface area contributed by atoms with Gasteiger partial charge in [-0.05, 0) is 42.3 Å². The monoisotopic (exact) mass is 548 g/mol. The van der Waals surface area contributed by atoms with Crippen molar-refractivity contribution in [2.45, 2.75) is 38.3 Å². The molecule has 0 saturated carbocycles. The van der Waals surface area contributed by atoms with Crippen LogP contribution in [0.25, 0.3) is 5.69 Å². The fourth-order valence-electron chi connectivity index (χ4n) is 3.39. The molecule has 0 spiro atoms. The molecule has 1 unspecified atom stereocenters. The van der Waals surface area contributed by atoms with E-state index in [9.17, 15) is 39.6 Å². The quantitative estimate of drug-likeness (QED) is 0.409. The predicted octanol–water partition coefficient (Wildman–Crippen LogP) is 4.38. The van der Waals surface area contributed by atoms with Crippen LogP contribution >= 0.6 is 0 Å². The Balaban J connectivity index is 1.82. The lowest BCUT2D eigenvalue weighted by Crippen LogP contribution is -2.28. The maximum Gasteiger partial charge on any atom is 0.435 e. The van der Waals surface area contributed by atoms with Gasteiger partial charge in [0.25, 0.3) is 0 Å². The Labute approximate surface area is 208 Å². The van der Waals surface area contributed by atoms with Crippen LogP contribution in [0.5, 0.6) is 0 Å². The summed E-state index contributed by atoms with van der Waals surface area (Å²) in [6, 6.07) is 10.8. The second-order valence-electron chi connectivity index (χ2n) is 8.26. The summed E-state index contributed by atoms with van der Waals surface area (Å²) in [6.45, 7) is 1.10. The van der Waals surface area contributed by atoms with E-state index in [-0.39, 0.29) is 17.9 Å². The number of nitrogens with zero attached hydrogens (tertiary/aromatic N) is 2. The molecule has 2 aromatic carbocycles. The second kappa shape index (κ2) is 10.5. The average Bonchev–Trinajstić information content (AvgIpc) is 3.25. The van der Waals surface area contributed by atoms with Crippen molar-refractivity contribution in [2.24, 2.45) is 0 Å². The second-order valence-corrected chi connectivity index (χ2v) is 10.1. The third-order valence-corrected chi connectivity index (χ3v) is 5.99.